The van der Waals surface area contributed by atoms with E-state index < -0.39 is 10.0 Å². The van der Waals surface area contributed by atoms with Crippen LogP contribution in [-0.2, 0) is 10.0 Å². The van der Waals surface area contributed by atoms with Gasteiger partial charge in [0.25, 0.3) is 0 Å². The monoisotopic (exact) mass is 295 g/mol. The van der Waals surface area contributed by atoms with Gasteiger partial charge in [-0.3, -0.25) is 0 Å². The molecule has 2 saturated carbocycles. The van der Waals surface area contributed by atoms with Crippen molar-refractivity contribution in [1.29, 1.82) is 0 Å². The number of hydrogen-bond donors (Lipinski definition) is 2. The van der Waals surface area contributed by atoms with Gasteiger partial charge < -0.3 is 5.11 Å². The third-order valence-electron chi connectivity index (χ3n) is 4.90. The van der Waals surface area contributed by atoms with E-state index in [4.69, 9.17) is 0 Å². The minimum atomic E-state index is -3.55. The largest absolute Gasteiger partial charge is 0.508 e. The average molecular weight is 295 g/mol. The first-order valence-corrected chi connectivity index (χ1v) is 8.75. The maximum Gasteiger partial charge on any atom is 0.240 e. The van der Waals surface area contributed by atoms with E-state index in [0.717, 1.165) is 12.3 Å². The lowest BCUT2D eigenvalue weighted by Gasteiger charge is -2.28. The molecule has 2 fully saturated rings. The van der Waals surface area contributed by atoms with Crippen molar-refractivity contribution in [1.82, 2.24) is 4.72 Å². The Morgan fingerprint density at radius 3 is 2.70 bits per heavy atom. The van der Waals surface area contributed by atoms with E-state index in [-0.39, 0.29) is 16.7 Å². The van der Waals surface area contributed by atoms with Crippen LogP contribution in [0.2, 0.25) is 0 Å². The molecule has 20 heavy (non-hydrogen) atoms. The number of phenolic OH excluding ortho intramolecular Hbond substituents is 1. The number of hydrogen-bond acceptors (Lipinski definition) is 3. The molecule has 0 amide bonds. The number of rotatable bonds is 4. The van der Waals surface area contributed by atoms with Crippen molar-refractivity contribution >= 4 is 10.0 Å². The number of aromatic hydroxyl groups is 1. The maximum absolute atomic E-state index is 12.3. The van der Waals surface area contributed by atoms with Crippen molar-refractivity contribution in [3.8, 4) is 5.75 Å². The van der Waals surface area contributed by atoms with E-state index in [0.29, 0.717) is 11.8 Å². The lowest BCUT2D eigenvalue weighted by atomic mass is 9.84. The molecule has 0 saturated heterocycles. The number of phenols is 1. The predicted molar refractivity (Wildman–Crippen MR) is 76.8 cm³/mol. The van der Waals surface area contributed by atoms with E-state index in [9.17, 15) is 13.5 Å². The summed E-state index contributed by atoms with van der Waals surface area (Å²) < 4.78 is 27.5. The standard InChI is InChI=1S/C15H21NO3S/c1-10(15-8-11-5-6-12(15)7-11)16-20(18,19)14-4-2-3-13(17)9-14/h2-4,9-12,15-17H,5-8H2,1H3. The quantitative estimate of drug-likeness (QED) is 0.897. The fraction of sp³-hybridized carbons (Fsp3) is 0.600. The molecule has 3 rings (SSSR count). The van der Waals surface area contributed by atoms with Crippen LogP contribution < -0.4 is 4.72 Å². The summed E-state index contributed by atoms with van der Waals surface area (Å²) in [5.41, 5.74) is 0. The first-order chi connectivity index (χ1) is 9.45. The zero-order valence-electron chi connectivity index (χ0n) is 11.6. The molecule has 4 nitrogen and oxygen atoms in total. The van der Waals surface area contributed by atoms with Crippen molar-refractivity contribution < 1.29 is 13.5 Å². The minimum Gasteiger partial charge on any atom is -0.508 e. The Kier molecular flexibility index (Phi) is 3.50. The van der Waals surface area contributed by atoms with Gasteiger partial charge in [-0.1, -0.05) is 12.5 Å². The summed E-state index contributed by atoms with van der Waals surface area (Å²) in [6, 6.07) is 5.77. The van der Waals surface area contributed by atoms with Crippen LogP contribution in [-0.4, -0.2) is 19.6 Å². The van der Waals surface area contributed by atoms with Crippen molar-refractivity contribution in [3.05, 3.63) is 24.3 Å². The lowest BCUT2D eigenvalue weighted by Crippen LogP contribution is -2.40. The van der Waals surface area contributed by atoms with Crippen LogP contribution in [0.4, 0.5) is 0 Å². The SMILES string of the molecule is CC(NS(=O)(=O)c1cccc(O)c1)C1CC2CCC1C2. The third-order valence-corrected chi connectivity index (χ3v) is 6.46. The van der Waals surface area contributed by atoms with Gasteiger partial charge in [0.15, 0.2) is 0 Å². The normalized spacial score (nSPS) is 30.6. The van der Waals surface area contributed by atoms with E-state index in [1.165, 1.54) is 37.5 Å². The van der Waals surface area contributed by atoms with Gasteiger partial charge in [0, 0.05) is 6.04 Å². The molecule has 1 aromatic rings. The summed E-state index contributed by atoms with van der Waals surface area (Å²) in [4.78, 5) is 0.132. The lowest BCUT2D eigenvalue weighted by molar-refractivity contribution is 0.280. The number of benzene rings is 1. The highest BCUT2D eigenvalue weighted by Gasteiger charge is 2.42. The van der Waals surface area contributed by atoms with Crippen LogP contribution in [0.25, 0.3) is 0 Å². The molecular weight excluding hydrogens is 274 g/mol. The molecule has 0 aliphatic heterocycles. The molecule has 4 unspecified atom stereocenters. The molecule has 0 aromatic heterocycles. The molecule has 2 N–H and O–H groups in total. The Labute approximate surface area is 120 Å². The fourth-order valence-electron chi connectivity index (χ4n) is 3.96. The molecule has 5 heteroatoms. The maximum atomic E-state index is 12.3. The van der Waals surface area contributed by atoms with Crippen LogP contribution in [0.3, 0.4) is 0 Å². The number of nitrogens with one attached hydrogen (secondary N) is 1. The Hall–Kier alpha value is -1.07. The third kappa shape index (κ3) is 2.56. The Morgan fingerprint density at radius 1 is 1.30 bits per heavy atom. The van der Waals surface area contributed by atoms with Crippen molar-refractivity contribution in [2.24, 2.45) is 17.8 Å². The first kappa shape index (κ1) is 13.9. The van der Waals surface area contributed by atoms with Gasteiger partial charge in [0.2, 0.25) is 10.0 Å². The molecule has 1 aromatic carbocycles. The smallest absolute Gasteiger partial charge is 0.240 e. The van der Waals surface area contributed by atoms with Gasteiger partial charge in [0.1, 0.15) is 5.75 Å². The predicted octanol–water partition coefficient (Wildman–Crippen LogP) is 2.50. The van der Waals surface area contributed by atoms with E-state index in [2.05, 4.69) is 4.72 Å². The molecule has 0 radical (unpaired) electrons. The fourth-order valence-corrected chi connectivity index (χ4v) is 5.29. The summed E-state index contributed by atoms with van der Waals surface area (Å²) in [7, 11) is -3.55. The molecule has 110 valence electrons. The topological polar surface area (TPSA) is 66.4 Å². The van der Waals surface area contributed by atoms with E-state index >= 15 is 0 Å². The molecule has 2 aliphatic carbocycles. The second-order valence-corrected chi connectivity index (χ2v) is 7.96. The van der Waals surface area contributed by atoms with Gasteiger partial charge in [-0.15, -0.1) is 0 Å². The molecule has 2 bridgehead atoms. The first-order valence-electron chi connectivity index (χ1n) is 7.27. The van der Waals surface area contributed by atoms with Crippen molar-refractivity contribution in [2.75, 3.05) is 0 Å². The van der Waals surface area contributed by atoms with Crippen LogP contribution in [0, 0.1) is 17.8 Å². The van der Waals surface area contributed by atoms with Gasteiger partial charge in [-0.05, 0) is 62.1 Å². The van der Waals surface area contributed by atoms with Gasteiger partial charge in [0.05, 0.1) is 4.90 Å². The number of sulfonamides is 1. The Balaban J connectivity index is 1.73. The summed E-state index contributed by atoms with van der Waals surface area (Å²) in [6.07, 6.45) is 4.97. The highest BCUT2D eigenvalue weighted by atomic mass is 32.2. The zero-order valence-corrected chi connectivity index (χ0v) is 12.4. The Bertz CT molecular complexity index is 599. The number of fused-ring (bicyclic) bond motifs is 2. The second kappa shape index (κ2) is 5.04. The van der Waals surface area contributed by atoms with E-state index in [1.807, 2.05) is 6.92 Å². The van der Waals surface area contributed by atoms with Crippen molar-refractivity contribution in [2.45, 2.75) is 43.5 Å². The van der Waals surface area contributed by atoms with E-state index in [1.54, 1.807) is 6.07 Å². The van der Waals surface area contributed by atoms with Crippen molar-refractivity contribution in [3.63, 3.8) is 0 Å². The van der Waals surface area contributed by atoms with Gasteiger partial charge in [-0.25, -0.2) is 13.1 Å². The Morgan fingerprint density at radius 2 is 2.10 bits per heavy atom. The molecule has 4 atom stereocenters. The van der Waals surface area contributed by atoms with Gasteiger partial charge >= 0.3 is 0 Å². The van der Waals surface area contributed by atoms with Crippen LogP contribution in [0.5, 0.6) is 5.75 Å². The summed E-state index contributed by atoms with van der Waals surface area (Å²) in [5, 5.41) is 9.42. The highest BCUT2D eigenvalue weighted by molar-refractivity contribution is 7.89. The molecule has 2 aliphatic rings. The average Bonchev–Trinajstić information content (AvgIpc) is 3.00. The van der Waals surface area contributed by atoms with Crippen LogP contribution in [0.15, 0.2) is 29.2 Å². The molecular formula is C15H21NO3S. The second-order valence-electron chi connectivity index (χ2n) is 6.25. The summed E-state index contributed by atoms with van der Waals surface area (Å²) in [6.45, 7) is 1.96. The van der Waals surface area contributed by atoms with Crippen LogP contribution in [0.1, 0.15) is 32.6 Å². The summed E-state index contributed by atoms with van der Waals surface area (Å²) in [5.74, 6) is 1.92. The molecule has 0 heterocycles. The van der Waals surface area contributed by atoms with Gasteiger partial charge in [-0.2, -0.15) is 0 Å². The highest BCUT2D eigenvalue weighted by Crippen LogP contribution is 2.49. The minimum absolute atomic E-state index is 0.0274. The van der Waals surface area contributed by atoms with Crippen LogP contribution >= 0.6 is 0 Å². The molecule has 0 spiro atoms. The summed E-state index contributed by atoms with van der Waals surface area (Å²) >= 11 is 0. The zero-order chi connectivity index (χ0) is 14.3.